The van der Waals surface area contributed by atoms with E-state index in [1.54, 1.807) is 0 Å². The molecule has 2 fully saturated rings. The molecule has 4 heterocycles. The van der Waals surface area contributed by atoms with Gasteiger partial charge >= 0.3 is 5.97 Å². The molecule has 2 aliphatic heterocycles. The Morgan fingerprint density at radius 1 is 1.02 bits per heavy atom. The zero-order chi connectivity index (χ0) is 28.6. The Morgan fingerprint density at radius 3 is 2.54 bits per heavy atom. The SMILES string of the molecule is COC(=O)C[C@H](CN1CC2(CCN(Cc3ccc4ccc(N)nc4c3)CC2)C1)c1cccc(-n2nc(C)cc2C)c1. The molecule has 8 nitrogen and oxygen atoms in total. The quantitative estimate of drug-likeness (QED) is 0.312. The fraction of sp³-hybridized carbons (Fsp3) is 0.424. The molecule has 2 aromatic carbocycles. The van der Waals surface area contributed by atoms with Gasteiger partial charge < -0.3 is 15.4 Å². The first-order valence-corrected chi connectivity index (χ1v) is 14.6. The summed E-state index contributed by atoms with van der Waals surface area (Å²) < 4.78 is 7.06. The predicted molar refractivity (Wildman–Crippen MR) is 162 cm³/mol. The van der Waals surface area contributed by atoms with Gasteiger partial charge in [0.05, 0.1) is 30.4 Å². The Balaban J connectivity index is 1.07. The molecule has 0 amide bonds. The number of nitrogen functional groups attached to an aromatic ring is 1. The number of hydrogen-bond donors (Lipinski definition) is 1. The number of carbonyl (C=O) groups is 1. The topological polar surface area (TPSA) is 89.5 Å². The fourth-order valence-electron chi connectivity index (χ4n) is 6.75. The van der Waals surface area contributed by atoms with Crippen LogP contribution < -0.4 is 5.73 Å². The van der Waals surface area contributed by atoms with Crippen LogP contribution in [-0.4, -0.2) is 70.4 Å². The van der Waals surface area contributed by atoms with Crippen LogP contribution in [0, 0.1) is 19.3 Å². The number of carbonyl (C=O) groups excluding carboxylic acids is 1. The number of nitrogens with zero attached hydrogens (tertiary/aromatic N) is 5. The van der Waals surface area contributed by atoms with Gasteiger partial charge in [0, 0.05) is 43.2 Å². The van der Waals surface area contributed by atoms with Gasteiger partial charge in [-0.2, -0.15) is 5.10 Å². The van der Waals surface area contributed by atoms with Crippen LogP contribution in [0.5, 0.6) is 0 Å². The summed E-state index contributed by atoms with van der Waals surface area (Å²) in [4.78, 5) is 22.0. The molecular weight excluding hydrogens is 512 g/mol. The van der Waals surface area contributed by atoms with E-state index in [4.69, 9.17) is 10.5 Å². The molecule has 214 valence electrons. The first kappa shape index (κ1) is 27.4. The van der Waals surface area contributed by atoms with Crippen LogP contribution >= 0.6 is 0 Å². The zero-order valence-electron chi connectivity index (χ0n) is 24.3. The third-order valence-corrected chi connectivity index (χ3v) is 8.93. The normalized spacial score (nSPS) is 17.9. The molecule has 4 aromatic rings. The maximum atomic E-state index is 12.4. The summed E-state index contributed by atoms with van der Waals surface area (Å²) in [5, 5.41) is 5.78. The van der Waals surface area contributed by atoms with Crippen molar-refractivity contribution < 1.29 is 9.53 Å². The van der Waals surface area contributed by atoms with Crippen molar-refractivity contribution in [3.63, 3.8) is 0 Å². The smallest absolute Gasteiger partial charge is 0.306 e. The van der Waals surface area contributed by atoms with Gasteiger partial charge in [0.1, 0.15) is 5.82 Å². The van der Waals surface area contributed by atoms with Gasteiger partial charge in [-0.05, 0) is 92.7 Å². The lowest BCUT2D eigenvalue weighted by Crippen LogP contribution is -2.60. The zero-order valence-corrected chi connectivity index (χ0v) is 24.3. The van der Waals surface area contributed by atoms with Crippen molar-refractivity contribution in [1.82, 2.24) is 24.6 Å². The standard InChI is InChI=1S/C33H40N6O2/c1-23-15-24(2)39(36-23)29-6-4-5-27(17-29)28(18-32(40)41-3)20-38-21-33(22-38)11-13-37(14-12-33)19-25-7-8-26-9-10-31(34)35-30(26)16-25/h4-10,15-17,28H,11-14,18-22H2,1-3H3,(H2,34,35)/t28-/m1/s1. The van der Waals surface area contributed by atoms with E-state index in [1.807, 2.05) is 23.7 Å². The van der Waals surface area contributed by atoms with E-state index in [9.17, 15) is 4.79 Å². The number of pyridine rings is 1. The predicted octanol–water partition coefficient (Wildman–Crippen LogP) is 4.86. The number of anilines is 1. The van der Waals surface area contributed by atoms with Crippen molar-refractivity contribution in [3.8, 4) is 5.69 Å². The van der Waals surface area contributed by atoms with Gasteiger partial charge in [-0.25, -0.2) is 9.67 Å². The highest BCUT2D eigenvalue weighted by Crippen LogP contribution is 2.42. The number of rotatable bonds is 8. The molecule has 1 spiro atoms. The Hall–Kier alpha value is -3.75. The van der Waals surface area contributed by atoms with E-state index >= 15 is 0 Å². The molecule has 2 N–H and O–H groups in total. The van der Waals surface area contributed by atoms with Crippen molar-refractivity contribution >= 4 is 22.7 Å². The van der Waals surface area contributed by atoms with Gasteiger partial charge in [0.2, 0.25) is 0 Å². The number of benzene rings is 2. The highest BCUT2D eigenvalue weighted by molar-refractivity contribution is 5.80. The van der Waals surface area contributed by atoms with Crippen LogP contribution in [0.25, 0.3) is 16.6 Å². The number of hydrogen-bond acceptors (Lipinski definition) is 7. The second-order valence-corrected chi connectivity index (χ2v) is 12.1. The fourth-order valence-corrected chi connectivity index (χ4v) is 6.75. The maximum Gasteiger partial charge on any atom is 0.306 e. The third kappa shape index (κ3) is 5.99. The molecule has 0 saturated carbocycles. The van der Waals surface area contributed by atoms with Crippen molar-refractivity contribution in [1.29, 1.82) is 0 Å². The lowest BCUT2D eigenvalue weighted by Gasteiger charge is -2.55. The van der Waals surface area contributed by atoms with Gasteiger partial charge in [-0.3, -0.25) is 9.69 Å². The Kier molecular flexibility index (Phi) is 7.53. The number of ether oxygens (including phenoxy) is 1. The van der Waals surface area contributed by atoms with Crippen LogP contribution in [0.15, 0.2) is 60.7 Å². The molecule has 8 heteroatoms. The summed E-state index contributed by atoms with van der Waals surface area (Å²) in [6.45, 7) is 10.3. The second kappa shape index (κ2) is 11.3. The average Bonchev–Trinajstić information content (AvgIpc) is 3.30. The number of likely N-dealkylation sites (tertiary alicyclic amines) is 2. The first-order chi connectivity index (χ1) is 19.8. The maximum absolute atomic E-state index is 12.4. The van der Waals surface area contributed by atoms with E-state index in [1.165, 1.54) is 25.5 Å². The summed E-state index contributed by atoms with van der Waals surface area (Å²) in [5.41, 5.74) is 12.8. The molecule has 0 radical (unpaired) electrons. The summed E-state index contributed by atoms with van der Waals surface area (Å²) in [7, 11) is 1.47. The van der Waals surface area contributed by atoms with E-state index in [-0.39, 0.29) is 11.9 Å². The number of methoxy groups -OCH3 is 1. The van der Waals surface area contributed by atoms with Gasteiger partial charge in [-0.1, -0.05) is 24.3 Å². The van der Waals surface area contributed by atoms with Crippen LogP contribution in [0.3, 0.4) is 0 Å². The molecule has 6 rings (SSSR count). The number of nitrogens with two attached hydrogens (primary N) is 1. The Morgan fingerprint density at radius 2 is 1.80 bits per heavy atom. The van der Waals surface area contributed by atoms with Gasteiger partial charge in [0.15, 0.2) is 0 Å². The molecule has 2 aromatic heterocycles. The summed E-state index contributed by atoms with van der Waals surface area (Å²) >= 11 is 0. The number of aromatic nitrogens is 3. The Bertz CT molecular complexity index is 1550. The molecular formula is C33H40N6O2. The second-order valence-electron chi connectivity index (χ2n) is 12.1. The minimum absolute atomic E-state index is 0.0763. The largest absolute Gasteiger partial charge is 0.469 e. The van der Waals surface area contributed by atoms with Gasteiger partial charge in [-0.15, -0.1) is 0 Å². The van der Waals surface area contributed by atoms with Crippen LogP contribution in [0.1, 0.15) is 47.7 Å². The van der Waals surface area contributed by atoms with Crippen molar-refractivity contribution in [2.45, 2.75) is 45.6 Å². The van der Waals surface area contributed by atoms with Crippen molar-refractivity contribution in [3.05, 3.63) is 83.2 Å². The number of aryl methyl sites for hydroxylation is 2. The monoisotopic (exact) mass is 552 g/mol. The van der Waals surface area contributed by atoms with E-state index in [2.05, 4.69) is 75.3 Å². The first-order valence-electron chi connectivity index (χ1n) is 14.6. The third-order valence-electron chi connectivity index (χ3n) is 8.93. The summed E-state index contributed by atoms with van der Waals surface area (Å²) in [6.07, 6.45) is 2.79. The van der Waals surface area contributed by atoms with Crippen molar-refractivity contribution in [2.75, 3.05) is 45.6 Å². The molecule has 0 aliphatic carbocycles. The molecule has 0 bridgehead atoms. The lowest BCUT2D eigenvalue weighted by molar-refractivity contribution is -0.141. The highest BCUT2D eigenvalue weighted by atomic mass is 16.5. The van der Waals surface area contributed by atoms with Crippen LogP contribution in [0.2, 0.25) is 0 Å². The molecule has 1 atom stereocenters. The molecule has 0 unspecified atom stereocenters. The van der Waals surface area contributed by atoms with E-state index < -0.39 is 0 Å². The minimum atomic E-state index is -0.165. The van der Waals surface area contributed by atoms with E-state index in [0.29, 0.717) is 17.7 Å². The number of piperidine rings is 1. The van der Waals surface area contributed by atoms with Crippen LogP contribution in [-0.2, 0) is 16.1 Å². The average molecular weight is 553 g/mol. The molecule has 2 aliphatic rings. The Labute approximate surface area is 242 Å². The highest BCUT2D eigenvalue weighted by Gasteiger charge is 2.45. The minimum Gasteiger partial charge on any atom is -0.469 e. The molecule has 41 heavy (non-hydrogen) atoms. The number of fused-ring (bicyclic) bond motifs is 1. The summed E-state index contributed by atoms with van der Waals surface area (Å²) in [5.74, 6) is 0.475. The van der Waals surface area contributed by atoms with Crippen molar-refractivity contribution in [2.24, 2.45) is 5.41 Å². The lowest BCUT2D eigenvalue weighted by atomic mass is 9.71. The van der Waals surface area contributed by atoms with E-state index in [0.717, 1.165) is 72.8 Å². The van der Waals surface area contributed by atoms with Crippen LogP contribution in [0.4, 0.5) is 5.82 Å². The van der Waals surface area contributed by atoms with Gasteiger partial charge in [0.25, 0.3) is 0 Å². The number of esters is 1. The molecule has 2 saturated heterocycles. The summed E-state index contributed by atoms with van der Waals surface area (Å²) in [6, 6.07) is 20.9.